The lowest BCUT2D eigenvalue weighted by Crippen LogP contribution is -1.94. The highest BCUT2D eigenvalue weighted by Crippen LogP contribution is 2.49. The minimum absolute atomic E-state index is 0.910. The lowest BCUT2D eigenvalue weighted by molar-refractivity contribution is 0.668. The van der Waals surface area contributed by atoms with Crippen molar-refractivity contribution in [2.24, 2.45) is 0 Å². The highest BCUT2D eigenvalue weighted by atomic mass is 32.1. The van der Waals surface area contributed by atoms with Crippen LogP contribution in [0.4, 0.5) is 0 Å². The van der Waals surface area contributed by atoms with Gasteiger partial charge in [0.15, 0.2) is 0 Å². The maximum atomic E-state index is 6.21. The van der Waals surface area contributed by atoms with E-state index in [1.807, 2.05) is 46.9 Å². The molecule has 0 bridgehead atoms. The number of rotatable bonds is 6. The third-order valence-electron chi connectivity index (χ3n) is 23.4. The normalized spacial score (nSPS) is 12.4. The Kier molecular flexibility index (Phi) is 11.9. The molecule has 8 heterocycles. The van der Waals surface area contributed by atoms with Crippen molar-refractivity contribution in [3.63, 3.8) is 0 Å². The summed E-state index contributed by atoms with van der Waals surface area (Å²) in [5.41, 5.74) is 22.9. The van der Waals surface area contributed by atoms with Crippen molar-refractivity contribution in [1.82, 2.24) is 18.3 Å². The maximum absolute atomic E-state index is 6.21. The van der Waals surface area contributed by atoms with Gasteiger partial charge in [-0.25, -0.2) is 0 Å². The Morgan fingerprint density at radius 3 is 1.00 bits per heavy atom. The highest BCUT2D eigenvalue weighted by Gasteiger charge is 2.25. The van der Waals surface area contributed by atoms with E-state index in [-0.39, 0.29) is 0 Å². The largest absolute Gasteiger partial charge is 0.456 e. The zero-order valence-electron chi connectivity index (χ0n) is 57.8. The molecule has 0 aliphatic rings. The monoisotopic (exact) mass is 1410 g/mol. The predicted molar refractivity (Wildman–Crippen MR) is 459 cm³/mol. The van der Waals surface area contributed by atoms with Gasteiger partial charge in [0.2, 0.25) is 0 Å². The van der Waals surface area contributed by atoms with E-state index in [4.69, 9.17) is 8.83 Å². The smallest absolute Gasteiger partial charge is 0.135 e. The average Bonchev–Trinajstić information content (AvgIpc) is 1.55. The number of nitrogens with zero attached hydrogens (tertiary/aromatic N) is 4. The fourth-order valence-electron chi connectivity index (χ4n) is 18.7. The molecule has 0 radical (unpaired) electrons. The molecule has 0 aliphatic heterocycles. The molecule has 0 saturated carbocycles. The number of para-hydroxylation sites is 4. The third kappa shape index (κ3) is 8.19. The van der Waals surface area contributed by atoms with Crippen LogP contribution in [0.2, 0.25) is 0 Å². The van der Waals surface area contributed by atoms with Crippen LogP contribution in [-0.4, -0.2) is 18.3 Å². The molecule has 0 amide bonds. The number of hydrogen-bond donors (Lipinski definition) is 0. The van der Waals surface area contributed by atoms with Gasteiger partial charge in [0.05, 0.1) is 44.1 Å². The van der Waals surface area contributed by atoms with Crippen LogP contribution in [0.25, 0.3) is 238 Å². The molecular formula is C100H56N4O2S2. The number of furan rings is 2. The Balaban J connectivity index is 0.000000124. The standard InChI is InChI=1S/2C50H28N2OS/c2*1-4-12-41-34(9-1)38-26-30(17-22-42(38)51(41)32-19-25-48-40(28-32)36-11-3-6-15-47(36)54-48)33-21-23-44-50-37(33)20-16-29-8-7-13-43(49(29)50)52(44)31-18-24-46-39(27-31)35-10-2-5-14-45(35)53-46/h2*1-28H. The SMILES string of the molecule is c1ccc2c(c1)oc1ccc(-n3c4cccc5ccc6c(-c7ccc8c(c7)c7ccccc7n8-c7ccc8sc9ccccc9c8c7)ccc3c6c54)cc12.c1ccc2c(c1)oc1ccc(-n3c4cccc5ccc6c(-c7ccc8c(c7)c7ccccc7n8-c7ccc8sc9ccccc9c8c7)ccc3c6c54)cc12. The van der Waals surface area contributed by atoms with Crippen molar-refractivity contribution in [3.05, 3.63) is 340 Å². The van der Waals surface area contributed by atoms with E-state index >= 15 is 0 Å². The number of fused-ring (bicyclic) bond motifs is 18. The van der Waals surface area contributed by atoms with E-state index in [1.165, 1.54) is 183 Å². The van der Waals surface area contributed by atoms with Gasteiger partial charge in [-0.15, -0.1) is 22.7 Å². The fourth-order valence-corrected chi connectivity index (χ4v) is 20.9. The molecule has 0 N–H and O–H groups in total. The van der Waals surface area contributed by atoms with E-state index in [0.29, 0.717) is 0 Å². The first-order valence-corrected chi connectivity index (χ1v) is 38.5. The fraction of sp³-hybridized carbons (Fsp3) is 0. The number of benzene rings is 18. The summed E-state index contributed by atoms with van der Waals surface area (Å²) < 4.78 is 27.4. The molecule has 0 atom stereocenters. The summed E-state index contributed by atoms with van der Waals surface area (Å²) in [5, 5.41) is 25.1. The average molecular weight is 1410 g/mol. The predicted octanol–water partition coefficient (Wildman–Crippen LogP) is 28.8. The van der Waals surface area contributed by atoms with Gasteiger partial charge in [-0.1, -0.05) is 182 Å². The Bertz CT molecular complexity index is 7860. The zero-order valence-corrected chi connectivity index (χ0v) is 59.4. The Morgan fingerprint density at radius 2 is 0.528 bits per heavy atom. The van der Waals surface area contributed by atoms with Gasteiger partial charge in [0.1, 0.15) is 22.3 Å². The molecule has 0 spiro atoms. The molecule has 0 aliphatic carbocycles. The molecular weight excluding hydrogens is 1350 g/mol. The van der Waals surface area contributed by atoms with Crippen molar-refractivity contribution >= 4 is 216 Å². The van der Waals surface area contributed by atoms with Crippen LogP contribution < -0.4 is 0 Å². The van der Waals surface area contributed by atoms with Crippen LogP contribution in [-0.2, 0) is 0 Å². The molecule has 0 fully saturated rings. The lowest BCUT2D eigenvalue weighted by atomic mass is 9.94. The number of aromatic nitrogens is 4. The van der Waals surface area contributed by atoms with Gasteiger partial charge in [0.25, 0.3) is 0 Å². The van der Waals surface area contributed by atoms with Crippen LogP contribution in [0.15, 0.2) is 349 Å². The summed E-state index contributed by atoms with van der Waals surface area (Å²) in [4.78, 5) is 0. The first kappa shape index (κ1) is 58.6. The van der Waals surface area contributed by atoms with Crippen molar-refractivity contribution in [3.8, 4) is 45.0 Å². The van der Waals surface area contributed by atoms with Crippen molar-refractivity contribution in [2.45, 2.75) is 0 Å². The molecule has 108 heavy (non-hydrogen) atoms. The summed E-state index contributed by atoms with van der Waals surface area (Å²) >= 11 is 3.73. The summed E-state index contributed by atoms with van der Waals surface area (Å²) in [7, 11) is 0. The summed E-state index contributed by atoms with van der Waals surface area (Å²) in [5.74, 6) is 0. The minimum Gasteiger partial charge on any atom is -0.456 e. The van der Waals surface area contributed by atoms with Crippen LogP contribution in [0.5, 0.6) is 0 Å². The molecule has 26 rings (SSSR count). The Morgan fingerprint density at radius 1 is 0.185 bits per heavy atom. The maximum Gasteiger partial charge on any atom is 0.135 e. The minimum atomic E-state index is 0.910. The number of hydrogen-bond acceptors (Lipinski definition) is 4. The van der Waals surface area contributed by atoms with Gasteiger partial charge in [0, 0.05) is 128 Å². The summed E-state index contributed by atoms with van der Waals surface area (Å²) in [6, 6.07) is 125. The van der Waals surface area contributed by atoms with E-state index in [9.17, 15) is 0 Å². The van der Waals surface area contributed by atoms with Gasteiger partial charge < -0.3 is 27.1 Å². The Labute approximate surface area is 623 Å². The molecule has 500 valence electrons. The van der Waals surface area contributed by atoms with Crippen molar-refractivity contribution in [1.29, 1.82) is 0 Å². The first-order chi connectivity index (χ1) is 53.5. The molecule has 8 heteroatoms. The molecule has 0 unspecified atom stereocenters. The van der Waals surface area contributed by atoms with E-state index in [2.05, 4.69) is 334 Å². The topological polar surface area (TPSA) is 46.0 Å². The molecule has 8 aromatic heterocycles. The van der Waals surface area contributed by atoms with Crippen LogP contribution in [0.1, 0.15) is 0 Å². The van der Waals surface area contributed by atoms with Crippen molar-refractivity contribution < 1.29 is 8.83 Å². The van der Waals surface area contributed by atoms with E-state index < -0.39 is 0 Å². The van der Waals surface area contributed by atoms with Crippen LogP contribution in [0, 0.1) is 0 Å². The van der Waals surface area contributed by atoms with E-state index in [1.54, 1.807) is 0 Å². The molecule has 0 saturated heterocycles. The molecule has 26 aromatic rings. The second kappa shape index (κ2) is 21.9. The van der Waals surface area contributed by atoms with E-state index in [0.717, 1.165) is 55.3 Å². The quantitative estimate of drug-likeness (QED) is 0.156. The zero-order chi connectivity index (χ0) is 70.1. The highest BCUT2D eigenvalue weighted by molar-refractivity contribution is 7.26. The second-order valence-electron chi connectivity index (χ2n) is 28.9. The van der Waals surface area contributed by atoms with Crippen LogP contribution in [0.3, 0.4) is 0 Å². The summed E-state index contributed by atoms with van der Waals surface area (Å²) in [6.07, 6.45) is 0. The lowest BCUT2D eigenvalue weighted by Gasteiger charge is -2.11. The van der Waals surface area contributed by atoms with Crippen molar-refractivity contribution in [2.75, 3.05) is 0 Å². The molecule has 6 nitrogen and oxygen atoms in total. The summed E-state index contributed by atoms with van der Waals surface area (Å²) in [6.45, 7) is 0. The van der Waals surface area contributed by atoms with Crippen LogP contribution >= 0.6 is 22.7 Å². The van der Waals surface area contributed by atoms with Gasteiger partial charge in [-0.2, -0.15) is 0 Å². The third-order valence-corrected chi connectivity index (χ3v) is 25.7. The Hall–Kier alpha value is -13.8. The van der Waals surface area contributed by atoms with Gasteiger partial charge >= 0.3 is 0 Å². The van der Waals surface area contributed by atoms with Gasteiger partial charge in [-0.3, -0.25) is 0 Å². The van der Waals surface area contributed by atoms with Gasteiger partial charge in [-0.05, 0) is 202 Å². The number of thiophene rings is 2. The second-order valence-corrected chi connectivity index (χ2v) is 31.1. The molecule has 18 aromatic carbocycles. The first-order valence-electron chi connectivity index (χ1n) is 36.8.